The number of hydrogen-bond acceptors (Lipinski definition) is 4. The van der Waals surface area contributed by atoms with Gasteiger partial charge in [0.25, 0.3) is 0 Å². The summed E-state index contributed by atoms with van der Waals surface area (Å²) in [6, 6.07) is 10.8. The summed E-state index contributed by atoms with van der Waals surface area (Å²) in [5, 5.41) is 0. The number of pyridine rings is 1. The van der Waals surface area contributed by atoms with Gasteiger partial charge in [-0.1, -0.05) is 6.07 Å². The summed E-state index contributed by atoms with van der Waals surface area (Å²) >= 11 is 0. The Bertz CT molecular complexity index is 743. The van der Waals surface area contributed by atoms with Crippen molar-refractivity contribution in [3.05, 3.63) is 59.4 Å². The minimum absolute atomic E-state index is 0.0165. The number of fused-ring (bicyclic) bond motifs is 1. The largest absolute Gasteiger partial charge is 0.453 e. The molecule has 0 spiro atoms. The van der Waals surface area contributed by atoms with E-state index in [9.17, 15) is 9.59 Å². The molecule has 1 aromatic heterocycles. The van der Waals surface area contributed by atoms with Gasteiger partial charge in [-0.05, 0) is 49.2 Å². The van der Waals surface area contributed by atoms with Crippen molar-refractivity contribution in [2.24, 2.45) is 0 Å². The number of carbonyl (C=O) groups excluding carboxylic acids is 2. The van der Waals surface area contributed by atoms with E-state index >= 15 is 0 Å². The van der Waals surface area contributed by atoms with Crippen LogP contribution in [0.3, 0.4) is 0 Å². The molecule has 1 aliphatic heterocycles. The van der Waals surface area contributed by atoms with Crippen LogP contribution in [0.2, 0.25) is 0 Å². The van der Waals surface area contributed by atoms with E-state index in [-0.39, 0.29) is 11.9 Å². The van der Waals surface area contributed by atoms with E-state index in [1.807, 2.05) is 30.3 Å². The summed E-state index contributed by atoms with van der Waals surface area (Å²) in [4.78, 5) is 29.8. The molecule has 23 heavy (non-hydrogen) atoms. The average molecular weight is 310 g/mol. The molecular formula is C18H18N2O3. The average Bonchev–Trinajstić information content (AvgIpc) is 2.98. The van der Waals surface area contributed by atoms with Crippen LogP contribution in [0.25, 0.3) is 0 Å². The van der Waals surface area contributed by atoms with Crippen LogP contribution in [0.1, 0.15) is 41.6 Å². The fourth-order valence-electron chi connectivity index (χ4n) is 2.76. The first-order chi connectivity index (χ1) is 11.1. The van der Waals surface area contributed by atoms with Gasteiger partial charge in [0.2, 0.25) is 5.91 Å². The molecule has 0 bridgehead atoms. The molecule has 1 atom stereocenters. The molecule has 1 unspecified atom stereocenters. The van der Waals surface area contributed by atoms with E-state index in [2.05, 4.69) is 4.98 Å². The number of anilines is 1. The number of esters is 1. The van der Waals surface area contributed by atoms with Gasteiger partial charge in [0.05, 0.1) is 11.3 Å². The second kappa shape index (κ2) is 6.20. The molecule has 0 fully saturated rings. The standard InChI is InChI=1S/C18H18N2O3/c1-12(16-5-3-4-9-19-16)23-18(22)15-6-7-17-14(11-15)8-10-20(17)13(2)21/h3-7,9,11-12H,8,10H2,1-2H3. The lowest BCUT2D eigenvalue weighted by Gasteiger charge is -2.15. The van der Waals surface area contributed by atoms with Crippen molar-refractivity contribution in [1.29, 1.82) is 0 Å². The number of rotatable bonds is 3. The third-order valence-electron chi connectivity index (χ3n) is 3.98. The maximum absolute atomic E-state index is 12.3. The first-order valence-electron chi connectivity index (χ1n) is 7.59. The Morgan fingerprint density at radius 1 is 1.26 bits per heavy atom. The van der Waals surface area contributed by atoms with Gasteiger partial charge in [-0.3, -0.25) is 9.78 Å². The van der Waals surface area contributed by atoms with Crippen LogP contribution in [0.5, 0.6) is 0 Å². The Hall–Kier alpha value is -2.69. The minimum atomic E-state index is -0.411. The van der Waals surface area contributed by atoms with Crippen molar-refractivity contribution in [2.45, 2.75) is 26.4 Å². The monoisotopic (exact) mass is 310 g/mol. The fourth-order valence-corrected chi connectivity index (χ4v) is 2.76. The Kier molecular flexibility index (Phi) is 4.10. The number of carbonyl (C=O) groups is 2. The van der Waals surface area contributed by atoms with E-state index in [4.69, 9.17) is 4.74 Å². The Balaban J connectivity index is 1.75. The van der Waals surface area contributed by atoms with Crippen LogP contribution in [-0.2, 0) is 16.0 Å². The topological polar surface area (TPSA) is 59.5 Å². The zero-order valence-corrected chi connectivity index (χ0v) is 13.2. The third kappa shape index (κ3) is 3.08. The van der Waals surface area contributed by atoms with Crippen LogP contribution in [0.4, 0.5) is 5.69 Å². The number of benzene rings is 1. The third-order valence-corrected chi connectivity index (χ3v) is 3.98. The highest BCUT2D eigenvalue weighted by atomic mass is 16.5. The smallest absolute Gasteiger partial charge is 0.338 e. The molecule has 2 heterocycles. The van der Waals surface area contributed by atoms with E-state index < -0.39 is 6.10 Å². The second-order valence-electron chi connectivity index (χ2n) is 5.57. The van der Waals surface area contributed by atoms with Gasteiger partial charge < -0.3 is 9.64 Å². The predicted molar refractivity (Wildman–Crippen MR) is 86.2 cm³/mol. The molecular weight excluding hydrogens is 292 g/mol. The van der Waals surface area contributed by atoms with E-state index in [0.29, 0.717) is 17.8 Å². The molecule has 0 radical (unpaired) electrons. The van der Waals surface area contributed by atoms with Crippen LogP contribution < -0.4 is 4.90 Å². The highest BCUT2D eigenvalue weighted by molar-refractivity contribution is 5.96. The van der Waals surface area contributed by atoms with Crippen molar-refractivity contribution < 1.29 is 14.3 Å². The predicted octanol–water partition coefficient (Wildman–Crippen LogP) is 2.91. The Labute approximate surface area is 134 Å². The highest BCUT2D eigenvalue weighted by Gasteiger charge is 2.24. The van der Waals surface area contributed by atoms with Crippen LogP contribution >= 0.6 is 0 Å². The molecule has 5 heteroatoms. The fraction of sp³-hybridized carbons (Fsp3) is 0.278. The van der Waals surface area contributed by atoms with E-state index in [1.165, 1.54) is 0 Å². The quantitative estimate of drug-likeness (QED) is 0.818. The van der Waals surface area contributed by atoms with Crippen molar-refractivity contribution in [3.63, 3.8) is 0 Å². The number of amides is 1. The number of hydrogen-bond donors (Lipinski definition) is 0. The number of nitrogens with zero attached hydrogens (tertiary/aromatic N) is 2. The molecule has 0 saturated heterocycles. The Morgan fingerprint density at radius 3 is 2.78 bits per heavy atom. The zero-order valence-electron chi connectivity index (χ0n) is 13.2. The lowest BCUT2D eigenvalue weighted by Crippen LogP contribution is -2.25. The molecule has 1 aromatic carbocycles. The minimum Gasteiger partial charge on any atom is -0.453 e. The summed E-state index contributed by atoms with van der Waals surface area (Å²) in [5.74, 6) is -0.366. The summed E-state index contributed by atoms with van der Waals surface area (Å²) in [6.45, 7) is 4.00. The van der Waals surface area contributed by atoms with Crippen molar-refractivity contribution in [2.75, 3.05) is 11.4 Å². The van der Waals surface area contributed by atoms with E-state index in [0.717, 1.165) is 17.7 Å². The SMILES string of the molecule is CC(=O)N1CCc2cc(C(=O)OC(C)c3ccccn3)ccc21. The number of aromatic nitrogens is 1. The van der Waals surface area contributed by atoms with Crippen molar-refractivity contribution >= 4 is 17.6 Å². The summed E-state index contributed by atoms with van der Waals surface area (Å²) in [6.07, 6.45) is 2.02. The Morgan fingerprint density at radius 2 is 2.09 bits per heavy atom. The molecule has 1 aliphatic rings. The van der Waals surface area contributed by atoms with Crippen molar-refractivity contribution in [3.8, 4) is 0 Å². The molecule has 0 saturated carbocycles. The van der Waals surface area contributed by atoms with Crippen LogP contribution in [0.15, 0.2) is 42.6 Å². The second-order valence-corrected chi connectivity index (χ2v) is 5.57. The summed E-state index contributed by atoms with van der Waals surface area (Å²) in [5.41, 5.74) is 3.09. The first kappa shape index (κ1) is 15.2. The van der Waals surface area contributed by atoms with Gasteiger partial charge in [0, 0.05) is 25.4 Å². The van der Waals surface area contributed by atoms with E-state index in [1.54, 1.807) is 31.0 Å². The van der Waals surface area contributed by atoms with Gasteiger partial charge in [0.15, 0.2) is 0 Å². The number of ether oxygens (including phenoxy) is 1. The molecule has 5 nitrogen and oxygen atoms in total. The lowest BCUT2D eigenvalue weighted by molar-refractivity contribution is -0.116. The maximum Gasteiger partial charge on any atom is 0.338 e. The summed E-state index contributed by atoms with van der Waals surface area (Å²) < 4.78 is 5.47. The summed E-state index contributed by atoms with van der Waals surface area (Å²) in [7, 11) is 0. The molecule has 2 aromatic rings. The van der Waals surface area contributed by atoms with Gasteiger partial charge in [-0.25, -0.2) is 4.79 Å². The molecule has 3 rings (SSSR count). The van der Waals surface area contributed by atoms with Crippen LogP contribution in [-0.4, -0.2) is 23.4 Å². The van der Waals surface area contributed by atoms with Gasteiger partial charge in [-0.15, -0.1) is 0 Å². The molecule has 118 valence electrons. The molecule has 1 amide bonds. The lowest BCUT2D eigenvalue weighted by atomic mass is 10.1. The van der Waals surface area contributed by atoms with Crippen LogP contribution in [0, 0.1) is 0 Å². The first-order valence-corrected chi connectivity index (χ1v) is 7.59. The zero-order chi connectivity index (χ0) is 16.4. The molecule has 0 N–H and O–H groups in total. The molecule has 0 aliphatic carbocycles. The normalized spacial score (nSPS) is 14.3. The van der Waals surface area contributed by atoms with Gasteiger partial charge in [-0.2, -0.15) is 0 Å². The van der Waals surface area contributed by atoms with Crippen molar-refractivity contribution in [1.82, 2.24) is 4.98 Å². The maximum atomic E-state index is 12.3. The van der Waals surface area contributed by atoms with Gasteiger partial charge >= 0.3 is 5.97 Å². The highest BCUT2D eigenvalue weighted by Crippen LogP contribution is 2.29. The van der Waals surface area contributed by atoms with Gasteiger partial charge in [0.1, 0.15) is 6.10 Å².